The van der Waals surface area contributed by atoms with Crippen LogP contribution in [0.15, 0.2) is 11.1 Å². The SMILES string of the molecule is CN1C(N)=NC2(c3sc(C(=O)O)cc3Cl)CCOCC2S1=O. The van der Waals surface area contributed by atoms with E-state index >= 15 is 0 Å². The Bertz CT molecular complexity index is 692. The van der Waals surface area contributed by atoms with Crippen LogP contribution in [-0.2, 0) is 21.3 Å². The molecule has 3 rings (SSSR count). The Labute approximate surface area is 138 Å². The van der Waals surface area contributed by atoms with Gasteiger partial charge in [-0.1, -0.05) is 11.6 Å². The summed E-state index contributed by atoms with van der Waals surface area (Å²) in [4.78, 5) is 16.4. The first kappa shape index (κ1) is 15.7. The highest BCUT2D eigenvalue weighted by atomic mass is 35.5. The molecule has 22 heavy (non-hydrogen) atoms. The molecule has 1 saturated heterocycles. The number of hydrogen-bond acceptors (Lipinski definition) is 6. The predicted molar refractivity (Wildman–Crippen MR) is 84.7 cm³/mol. The predicted octanol–water partition coefficient (Wildman–Crippen LogP) is 1.01. The Morgan fingerprint density at radius 1 is 1.73 bits per heavy atom. The molecule has 1 fully saturated rings. The normalized spacial score (nSPS) is 31.5. The minimum absolute atomic E-state index is 0.123. The van der Waals surface area contributed by atoms with Crippen molar-refractivity contribution in [3.8, 4) is 0 Å². The molecule has 0 bridgehead atoms. The van der Waals surface area contributed by atoms with E-state index in [4.69, 9.17) is 27.2 Å². The third-order valence-electron chi connectivity index (χ3n) is 3.87. The number of guanidine groups is 1. The van der Waals surface area contributed by atoms with Gasteiger partial charge in [-0.25, -0.2) is 14.0 Å². The summed E-state index contributed by atoms with van der Waals surface area (Å²) in [7, 11) is 0.175. The van der Waals surface area contributed by atoms with Crippen LogP contribution in [0.4, 0.5) is 0 Å². The van der Waals surface area contributed by atoms with Crippen molar-refractivity contribution in [1.29, 1.82) is 0 Å². The van der Waals surface area contributed by atoms with E-state index in [1.165, 1.54) is 10.4 Å². The Morgan fingerprint density at radius 2 is 2.45 bits per heavy atom. The molecule has 0 saturated carbocycles. The average Bonchev–Trinajstić information content (AvgIpc) is 2.88. The van der Waals surface area contributed by atoms with Gasteiger partial charge in [0, 0.05) is 20.1 Å². The van der Waals surface area contributed by atoms with Crippen LogP contribution in [-0.4, -0.2) is 51.1 Å². The summed E-state index contributed by atoms with van der Waals surface area (Å²) in [6.07, 6.45) is 0.456. The van der Waals surface area contributed by atoms with Crippen molar-refractivity contribution < 1.29 is 18.8 Å². The molecular formula is C12H14ClN3O4S2. The number of carboxylic acid groups (broad SMARTS) is 1. The summed E-state index contributed by atoms with van der Waals surface area (Å²) >= 11 is 7.31. The molecular weight excluding hydrogens is 350 g/mol. The Hall–Kier alpha value is -1.16. The molecule has 3 atom stereocenters. The van der Waals surface area contributed by atoms with Crippen LogP contribution in [0.5, 0.6) is 0 Å². The van der Waals surface area contributed by atoms with E-state index < -0.39 is 27.7 Å². The second-order valence-electron chi connectivity index (χ2n) is 5.07. The molecule has 0 radical (unpaired) electrons. The molecule has 3 heterocycles. The third-order valence-corrected chi connectivity index (χ3v) is 7.31. The van der Waals surface area contributed by atoms with Gasteiger partial charge in [0.25, 0.3) is 0 Å². The van der Waals surface area contributed by atoms with Crippen molar-refractivity contribution in [2.45, 2.75) is 17.2 Å². The van der Waals surface area contributed by atoms with E-state index in [1.807, 2.05) is 0 Å². The van der Waals surface area contributed by atoms with E-state index in [9.17, 15) is 9.00 Å². The second-order valence-corrected chi connectivity index (χ2v) is 8.20. The van der Waals surface area contributed by atoms with Gasteiger partial charge < -0.3 is 15.6 Å². The van der Waals surface area contributed by atoms with E-state index in [2.05, 4.69) is 4.99 Å². The van der Waals surface area contributed by atoms with Crippen LogP contribution in [0, 0.1) is 0 Å². The first-order valence-corrected chi connectivity index (χ1v) is 8.84. The molecule has 1 aromatic rings. The fourth-order valence-corrected chi connectivity index (χ4v) is 5.78. The van der Waals surface area contributed by atoms with E-state index in [0.29, 0.717) is 22.9 Å². The summed E-state index contributed by atoms with van der Waals surface area (Å²) in [6.45, 7) is 0.676. The van der Waals surface area contributed by atoms with Gasteiger partial charge in [-0.2, -0.15) is 0 Å². The van der Waals surface area contributed by atoms with E-state index in [0.717, 1.165) is 11.3 Å². The molecule has 0 amide bonds. The van der Waals surface area contributed by atoms with Gasteiger partial charge in [-0.3, -0.25) is 4.31 Å². The monoisotopic (exact) mass is 363 g/mol. The standard InChI is InChI=1S/C12H14ClN3O4S2/c1-16-11(14)15-12(2-3-20-5-8(12)22(16)19)9-6(13)4-7(21-9)10(17)18/h4,8H,2-3,5H2,1H3,(H2,14,15)(H,17,18). The van der Waals surface area contributed by atoms with Crippen LogP contribution < -0.4 is 5.73 Å². The summed E-state index contributed by atoms with van der Waals surface area (Å²) in [6, 6.07) is 1.40. The molecule has 3 N–H and O–H groups in total. The zero-order chi connectivity index (χ0) is 16.1. The number of halogens is 1. The number of rotatable bonds is 2. The van der Waals surface area contributed by atoms with Crippen LogP contribution in [0.3, 0.4) is 0 Å². The zero-order valence-electron chi connectivity index (χ0n) is 11.6. The van der Waals surface area contributed by atoms with Crippen LogP contribution >= 0.6 is 22.9 Å². The van der Waals surface area contributed by atoms with Crippen molar-refractivity contribution in [2.24, 2.45) is 10.7 Å². The number of nitrogens with two attached hydrogens (primary N) is 1. The van der Waals surface area contributed by atoms with Crippen LogP contribution in [0.2, 0.25) is 5.02 Å². The zero-order valence-corrected chi connectivity index (χ0v) is 14.0. The minimum Gasteiger partial charge on any atom is -0.477 e. The van der Waals surface area contributed by atoms with Crippen molar-refractivity contribution in [3.05, 3.63) is 20.8 Å². The number of aliphatic imine (C=N–C) groups is 1. The number of ether oxygens (including phenoxy) is 1. The molecule has 0 aliphatic carbocycles. The van der Waals surface area contributed by atoms with Crippen molar-refractivity contribution in [2.75, 3.05) is 20.3 Å². The van der Waals surface area contributed by atoms with Crippen LogP contribution in [0.1, 0.15) is 21.0 Å². The molecule has 10 heteroatoms. The van der Waals surface area contributed by atoms with Gasteiger partial charge in [-0.05, 0) is 6.07 Å². The molecule has 0 spiro atoms. The smallest absolute Gasteiger partial charge is 0.345 e. The number of carboxylic acids is 1. The van der Waals surface area contributed by atoms with Gasteiger partial charge in [0.15, 0.2) is 0 Å². The highest BCUT2D eigenvalue weighted by Gasteiger charge is 2.52. The number of thiophene rings is 1. The number of hydrogen-bond donors (Lipinski definition) is 2. The quantitative estimate of drug-likeness (QED) is 0.815. The highest BCUT2D eigenvalue weighted by Crippen LogP contribution is 2.47. The lowest BCUT2D eigenvalue weighted by molar-refractivity contribution is 0.0564. The maximum Gasteiger partial charge on any atom is 0.345 e. The second kappa shape index (κ2) is 5.48. The summed E-state index contributed by atoms with van der Waals surface area (Å²) < 4.78 is 19.5. The number of fused-ring (bicyclic) bond motifs is 1. The Balaban J connectivity index is 2.19. The Morgan fingerprint density at radius 3 is 3.09 bits per heavy atom. The number of carbonyl (C=O) groups is 1. The molecule has 2 aliphatic rings. The van der Waals surface area contributed by atoms with Gasteiger partial charge in [0.05, 0.1) is 16.5 Å². The Kier molecular flexibility index (Phi) is 3.92. The van der Waals surface area contributed by atoms with Crippen LogP contribution in [0.25, 0.3) is 0 Å². The van der Waals surface area contributed by atoms with E-state index in [-0.39, 0.29) is 17.4 Å². The fourth-order valence-electron chi connectivity index (χ4n) is 2.71. The molecule has 1 aromatic heterocycles. The van der Waals surface area contributed by atoms with Gasteiger partial charge in [0.1, 0.15) is 26.7 Å². The minimum atomic E-state index is -1.43. The van der Waals surface area contributed by atoms with E-state index in [1.54, 1.807) is 7.05 Å². The topological polar surface area (TPSA) is 105 Å². The fraction of sp³-hybridized carbons (Fsp3) is 0.500. The van der Waals surface area contributed by atoms with Crippen molar-refractivity contribution in [3.63, 3.8) is 0 Å². The lowest BCUT2D eigenvalue weighted by Gasteiger charge is -2.44. The average molecular weight is 364 g/mol. The summed E-state index contributed by atoms with van der Waals surface area (Å²) in [5.41, 5.74) is 5.01. The molecule has 120 valence electrons. The summed E-state index contributed by atoms with van der Waals surface area (Å²) in [5.74, 6) is -0.901. The molecule has 2 aliphatic heterocycles. The molecule has 3 unspecified atom stereocenters. The van der Waals surface area contributed by atoms with Crippen molar-refractivity contribution in [1.82, 2.24) is 4.31 Å². The first-order valence-electron chi connectivity index (χ1n) is 6.47. The third kappa shape index (κ3) is 2.23. The lowest BCUT2D eigenvalue weighted by atomic mass is 9.88. The highest BCUT2D eigenvalue weighted by molar-refractivity contribution is 7.84. The van der Waals surface area contributed by atoms with Gasteiger partial charge in [-0.15, -0.1) is 11.3 Å². The lowest BCUT2D eigenvalue weighted by Crippen LogP contribution is -2.58. The first-order chi connectivity index (χ1) is 10.4. The van der Waals surface area contributed by atoms with Gasteiger partial charge in [0.2, 0.25) is 5.96 Å². The van der Waals surface area contributed by atoms with Crippen molar-refractivity contribution >= 4 is 45.9 Å². The summed E-state index contributed by atoms with van der Waals surface area (Å²) in [5, 5.41) is 9.02. The maximum atomic E-state index is 12.6. The molecule has 7 nitrogen and oxygen atoms in total. The molecule has 0 aromatic carbocycles. The maximum absolute atomic E-state index is 12.6. The largest absolute Gasteiger partial charge is 0.477 e. The number of aromatic carboxylic acids is 1. The number of nitrogens with zero attached hydrogens (tertiary/aromatic N) is 2. The van der Waals surface area contributed by atoms with Gasteiger partial charge >= 0.3 is 5.97 Å².